The lowest BCUT2D eigenvalue weighted by molar-refractivity contribution is -0.128. The number of aromatic nitrogens is 2. The number of aromatic carboxylic acids is 1. The van der Waals surface area contributed by atoms with Crippen LogP contribution in [0.5, 0.6) is 5.88 Å². The average molecular weight is 668 g/mol. The minimum Gasteiger partial charge on any atom is -0.478 e. The number of halogens is 3. The molecule has 0 radical (unpaired) electrons. The number of carbonyl (C=O) groups excluding carboxylic acids is 1. The van der Waals surface area contributed by atoms with Crippen molar-refractivity contribution in [1.82, 2.24) is 14.7 Å². The topological polar surface area (TPSA) is 106 Å². The summed E-state index contributed by atoms with van der Waals surface area (Å²) >= 11 is 12.7. The number of rotatable bonds is 6. The first kappa shape index (κ1) is 30.9. The largest absolute Gasteiger partial charge is 0.478 e. The van der Waals surface area contributed by atoms with Crippen LogP contribution >= 0.6 is 23.2 Å². The minimum atomic E-state index is -1.24. The first-order valence-corrected chi connectivity index (χ1v) is 16.1. The van der Waals surface area contributed by atoms with Crippen molar-refractivity contribution in [2.75, 3.05) is 31.7 Å². The number of nitrogens with zero attached hydrogens (tertiary/aromatic N) is 3. The molecule has 0 saturated carbocycles. The summed E-state index contributed by atoms with van der Waals surface area (Å²) < 4.78 is 30.0. The molecular weight excluding hydrogens is 634 g/mol. The maximum absolute atomic E-state index is 16.1. The summed E-state index contributed by atoms with van der Waals surface area (Å²) in [4.78, 5) is 28.6. The van der Waals surface area contributed by atoms with E-state index in [1.165, 1.54) is 18.2 Å². The van der Waals surface area contributed by atoms with Crippen molar-refractivity contribution in [3.63, 3.8) is 0 Å². The van der Waals surface area contributed by atoms with Gasteiger partial charge in [0.2, 0.25) is 11.8 Å². The van der Waals surface area contributed by atoms with Crippen molar-refractivity contribution >= 4 is 51.7 Å². The number of amides is 1. The molecule has 4 aromatic rings. The van der Waals surface area contributed by atoms with Gasteiger partial charge in [0.15, 0.2) is 0 Å². The van der Waals surface area contributed by atoms with Gasteiger partial charge in [0.1, 0.15) is 18.0 Å². The molecule has 0 bridgehead atoms. The van der Waals surface area contributed by atoms with Gasteiger partial charge in [-0.3, -0.25) is 9.69 Å². The second-order valence-electron chi connectivity index (χ2n) is 12.5. The molecule has 2 fully saturated rings. The van der Waals surface area contributed by atoms with E-state index < -0.39 is 23.2 Å². The van der Waals surface area contributed by atoms with Gasteiger partial charge >= 0.3 is 5.97 Å². The summed E-state index contributed by atoms with van der Waals surface area (Å²) in [6.45, 7) is 4.26. The van der Waals surface area contributed by atoms with Gasteiger partial charge < -0.3 is 19.9 Å². The average Bonchev–Trinajstić information content (AvgIpc) is 3.41. The third kappa shape index (κ3) is 5.31. The monoisotopic (exact) mass is 666 g/mol. The van der Waals surface area contributed by atoms with Crippen LogP contribution < -0.4 is 10.1 Å². The number of nitrogens with one attached hydrogen (secondary N) is 1. The Balaban J connectivity index is 1.37. The van der Waals surface area contributed by atoms with Crippen LogP contribution in [0.2, 0.25) is 10.0 Å². The van der Waals surface area contributed by atoms with Gasteiger partial charge in [0.25, 0.3) is 0 Å². The summed E-state index contributed by atoms with van der Waals surface area (Å²) in [5.41, 5.74) is 0.233. The summed E-state index contributed by atoms with van der Waals surface area (Å²) in [6.07, 6.45) is 1.68. The molecular formula is C34H33Cl2FN4O5. The maximum Gasteiger partial charge on any atom is 0.335 e. The number of ether oxygens (including phenoxy) is 2. The molecule has 3 aromatic carbocycles. The Morgan fingerprint density at radius 3 is 2.65 bits per heavy atom. The van der Waals surface area contributed by atoms with E-state index >= 15 is 4.39 Å². The molecule has 240 valence electrons. The molecule has 12 heteroatoms. The van der Waals surface area contributed by atoms with E-state index in [2.05, 4.69) is 10.2 Å². The molecule has 46 heavy (non-hydrogen) atoms. The Hall–Kier alpha value is -3.70. The van der Waals surface area contributed by atoms with E-state index in [4.69, 9.17) is 37.8 Å². The van der Waals surface area contributed by atoms with Crippen LogP contribution in [-0.2, 0) is 16.1 Å². The molecule has 2 saturated heterocycles. The van der Waals surface area contributed by atoms with E-state index in [1.54, 1.807) is 47.1 Å². The van der Waals surface area contributed by atoms with Crippen LogP contribution in [0, 0.1) is 17.7 Å². The molecule has 1 amide bonds. The lowest BCUT2D eigenvalue weighted by atomic mass is 9.74. The number of likely N-dealkylation sites (tertiary alicyclic amines) is 1. The minimum absolute atomic E-state index is 0.0221. The molecule has 0 spiro atoms. The Kier molecular flexibility index (Phi) is 8.17. The highest BCUT2D eigenvalue weighted by Gasteiger charge is 2.62. The van der Waals surface area contributed by atoms with Crippen LogP contribution in [0.3, 0.4) is 0 Å². The lowest BCUT2D eigenvalue weighted by Crippen LogP contribution is -2.57. The molecule has 0 aliphatic carbocycles. The number of carboxylic acids is 1. The second-order valence-corrected chi connectivity index (χ2v) is 13.4. The van der Waals surface area contributed by atoms with E-state index in [1.807, 2.05) is 6.92 Å². The van der Waals surface area contributed by atoms with Crippen molar-refractivity contribution in [3.05, 3.63) is 87.7 Å². The maximum atomic E-state index is 16.1. The van der Waals surface area contributed by atoms with Gasteiger partial charge in [-0.2, -0.15) is 5.10 Å². The fourth-order valence-corrected chi connectivity index (χ4v) is 8.01. The Labute approximate surface area is 275 Å². The molecule has 1 aromatic heterocycles. The van der Waals surface area contributed by atoms with Crippen LogP contribution in [0.4, 0.5) is 10.1 Å². The zero-order chi connectivity index (χ0) is 32.2. The van der Waals surface area contributed by atoms with Crippen molar-refractivity contribution in [1.29, 1.82) is 0 Å². The molecule has 3 aliphatic heterocycles. The number of hydrogen-bond donors (Lipinski definition) is 2. The predicted molar refractivity (Wildman–Crippen MR) is 172 cm³/mol. The quantitative estimate of drug-likeness (QED) is 0.243. The molecule has 2 N–H and O–H groups in total. The van der Waals surface area contributed by atoms with Crippen LogP contribution in [0.1, 0.15) is 41.6 Å². The number of carboxylic acid groups (broad SMARTS) is 1. The summed E-state index contributed by atoms with van der Waals surface area (Å²) in [6, 6.07) is 16.3. The normalized spacial score (nSPS) is 25.0. The highest BCUT2D eigenvalue weighted by molar-refractivity contribution is 6.31. The second kappa shape index (κ2) is 12.2. The van der Waals surface area contributed by atoms with Crippen molar-refractivity contribution < 1.29 is 28.6 Å². The standard InChI is InChI=1S/C34H33Cl2FN4O5/c1-34(33(44)38-22-5-2-4-21(35)15-22)29(24-6-3-7-26(36)30(24)37)25-17-41-31(23-9-8-20(32(42)43)14-27(23)39-41)46-18-28(25)40(34)16-19-10-12-45-13-11-19/h2-9,14-15,19,25,28-29H,10-13,16-18H2,1H3,(H,38,44)(H,42,43)/t25-,28+,29+,34-/m1/s1. The fraction of sp³-hybridized carbons (Fsp3) is 0.382. The molecule has 4 heterocycles. The van der Waals surface area contributed by atoms with Crippen LogP contribution in [0.15, 0.2) is 60.7 Å². The predicted octanol–water partition coefficient (Wildman–Crippen LogP) is 6.48. The highest BCUT2D eigenvalue weighted by atomic mass is 35.5. The number of anilines is 1. The summed E-state index contributed by atoms with van der Waals surface area (Å²) in [5.74, 6) is -2.14. The molecule has 9 nitrogen and oxygen atoms in total. The van der Waals surface area contributed by atoms with E-state index in [0.717, 1.165) is 12.8 Å². The van der Waals surface area contributed by atoms with E-state index in [0.29, 0.717) is 59.4 Å². The van der Waals surface area contributed by atoms with Gasteiger partial charge in [-0.15, -0.1) is 0 Å². The smallest absolute Gasteiger partial charge is 0.335 e. The highest BCUT2D eigenvalue weighted by Crippen LogP contribution is 2.53. The Morgan fingerprint density at radius 1 is 1.11 bits per heavy atom. The number of fused-ring (bicyclic) bond motifs is 4. The van der Waals surface area contributed by atoms with Crippen molar-refractivity contribution in [2.45, 2.75) is 43.8 Å². The molecule has 3 aliphatic rings. The van der Waals surface area contributed by atoms with Gasteiger partial charge in [-0.1, -0.05) is 41.4 Å². The number of hydrogen-bond acceptors (Lipinski definition) is 6. The third-order valence-corrected chi connectivity index (χ3v) is 10.4. The summed E-state index contributed by atoms with van der Waals surface area (Å²) in [5, 5.41) is 18.5. The Morgan fingerprint density at radius 2 is 1.89 bits per heavy atom. The van der Waals surface area contributed by atoms with Crippen molar-refractivity contribution in [3.8, 4) is 5.88 Å². The number of carbonyl (C=O) groups is 2. The third-order valence-electron chi connectivity index (χ3n) is 9.89. The Bertz CT molecular complexity index is 1830. The van der Waals surface area contributed by atoms with Gasteiger partial charge in [0, 0.05) is 48.8 Å². The first-order valence-electron chi connectivity index (χ1n) is 15.4. The molecule has 4 atom stereocenters. The molecule has 7 rings (SSSR count). The zero-order valence-electron chi connectivity index (χ0n) is 25.1. The summed E-state index contributed by atoms with van der Waals surface area (Å²) in [7, 11) is 0. The van der Waals surface area contributed by atoms with Gasteiger partial charge in [-0.05, 0) is 73.7 Å². The SMILES string of the molecule is C[C@]1(C(=O)Nc2cccc(Cl)c2)[C@@H](c2cccc(Cl)c2F)[C@@H]2Cn3nc4cc(C(=O)O)ccc4c3OC[C@@H]2N1CC1CCOCC1. The number of benzene rings is 3. The van der Waals surface area contributed by atoms with E-state index in [-0.39, 0.29) is 41.0 Å². The van der Waals surface area contributed by atoms with Crippen LogP contribution in [-0.4, -0.2) is 69.6 Å². The fourth-order valence-electron chi connectivity index (χ4n) is 7.64. The first-order chi connectivity index (χ1) is 22.1. The molecule has 0 unspecified atom stereocenters. The van der Waals surface area contributed by atoms with Gasteiger partial charge in [-0.25, -0.2) is 13.9 Å². The van der Waals surface area contributed by atoms with Crippen molar-refractivity contribution in [2.24, 2.45) is 11.8 Å². The lowest BCUT2D eigenvalue weighted by Gasteiger charge is -2.42. The van der Waals surface area contributed by atoms with E-state index in [9.17, 15) is 14.7 Å². The van der Waals surface area contributed by atoms with Crippen LogP contribution in [0.25, 0.3) is 10.9 Å². The van der Waals surface area contributed by atoms with Gasteiger partial charge in [0.05, 0.1) is 27.5 Å². The zero-order valence-corrected chi connectivity index (χ0v) is 26.6.